The van der Waals surface area contributed by atoms with Crippen LogP contribution < -0.4 is 5.32 Å². The van der Waals surface area contributed by atoms with Crippen LogP contribution in [0.15, 0.2) is 30.5 Å². The third kappa shape index (κ3) is 13.6. The lowest BCUT2D eigenvalue weighted by atomic mass is 9.86. The van der Waals surface area contributed by atoms with Gasteiger partial charge in [-0.3, -0.25) is 0 Å². The molecule has 0 saturated heterocycles. The van der Waals surface area contributed by atoms with Crippen LogP contribution >= 0.6 is 0 Å². The van der Waals surface area contributed by atoms with Gasteiger partial charge in [-0.05, 0) is 101 Å². The molecule has 188 valence electrons. The van der Waals surface area contributed by atoms with E-state index in [-0.39, 0.29) is 6.10 Å². The van der Waals surface area contributed by atoms with Gasteiger partial charge in [0, 0.05) is 18.8 Å². The minimum Gasteiger partial charge on any atom is -0.393 e. The first kappa shape index (κ1) is 29.4. The molecule has 0 saturated carbocycles. The molecule has 33 heavy (non-hydrogen) atoms. The average Bonchev–Trinajstić information content (AvgIpc) is 2.79. The van der Waals surface area contributed by atoms with Crippen LogP contribution in [0.25, 0.3) is 0 Å². The number of aliphatic hydroxyl groups excluding tert-OH is 1. The average molecular weight is 458 g/mol. The summed E-state index contributed by atoms with van der Waals surface area (Å²) in [5, 5.41) is 21.2. The van der Waals surface area contributed by atoms with E-state index in [1.54, 1.807) is 0 Å². The lowest BCUT2D eigenvalue weighted by Crippen LogP contribution is -2.19. The number of rotatable bonds is 20. The van der Waals surface area contributed by atoms with E-state index in [4.69, 9.17) is 5.41 Å². The van der Waals surface area contributed by atoms with Crippen LogP contribution in [0.3, 0.4) is 0 Å². The minimum atomic E-state index is -0.180. The first-order valence-electron chi connectivity index (χ1n) is 13.2. The zero-order valence-corrected chi connectivity index (χ0v) is 22.0. The highest BCUT2D eigenvalue weighted by atomic mass is 16.3. The minimum absolute atomic E-state index is 0.180. The predicted molar refractivity (Wildman–Crippen MR) is 144 cm³/mol. The van der Waals surface area contributed by atoms with Gasteiger partial charge in [-0.25, -0.2) is 0 Å². The maximum absolute atomic E-state index is 10.3. The Balaban J connectivity index is 2.57. The van der Waals surface area contributed by atoms with Crippen molar-refractivity contribution in [3.63, 3.8) is 0 Å². The Hall–Kier alpha value is -1.65. The topological polar surface area (TPSA) is 59.4 Å². The molecule has 0 aromatic heterocycles. The van der Waals surface area contributed by atoms with E-state index >= 15 is 0 Å². The van der Waals surface area contributed by atoms with Crippen molar-refractivity contribution in [2.75, 3.05) is 27.2 Å². The molecule has 4 nitrogen and oxygen atoms in total. The zero-order chi connectivity index (χ0) is 24.5. The second kappa shape index (κ2) is 17.8. The van der Waals surface area contributed by atoms with Crippen LogP contribution in [0, 0.1) is 11.3 Å². The van der Waals surface area contributed by atoms with Crippen molar-refractivity contribution in [3.05, 3.63) is 47.2 Å². The molecule has 0 radical (unpaired) electrons. The Kier molecular flexibility index (Phi) is 15.8. The number of unbranched alkanes of at least 4 members (excludes halogenated alkanes) is 2. The molecule has 0 aliphatic carbocycles. The summed E-state index contributed by atoms with van der Waals surface area (Å²) in [6.45, 7) is 10.6. The van der Waals surface area contributed by atoms with Crippen LogP contribution in [0.2, 0.25) is 0 Å². The lowest BCUT2D eigenvalue weighted by Gasteiger charge is -2.21. The van der Waals surface area contributed by atoms with E-state index in [9.17, 15) is 5.11 Å². The standard InChI is InChI=1S/C29H51N3O/c1-6-12-29(33)23-25(7-2)21-28-22-26(15-16-27(28)14-11-18-30)13-9-8-10-19-31-24(3)17-20-32(4)5/h15-16,18,22,25,29-31,33H,3,6-14,17,19-21,23H2,1-2,4-5H3. The fourth-order valence-corrected chi connectivity index (χ4v) is 4.38. The molecule has 0 bridgehead atoms. The highest BCUT2D eigenvalue weighted by molar-refractivity contribution is 5.53. The van der Waals surface area contributed by atoms with E-state index in [0.717, 1.165) is 76.6 Å². The molecule has 0 fully saturated rings. The van der Waals surface area contributed by atoms with Gasteiger partial charge in [0.05, 0.1) is 6.10 Å². The zero-order valence-electron chi connectivity index (χ0n) is 22.0. The van der Waals surface area contributed by atoms with Crippen LogP contribution in [-0.2, 0) is 19.3 Å². The van der Waals surface area contributed by atoms with E-state index in [2.05, 4.69) is 62.9 Å². The fourth-order valence-electron chi connectivity index (χ4n) is 4.38. The Morgan fingerprint density at radius 1 is 1.15 bits per heavy atom. The van der Waals surface area contributed by atoms with Crippen LogP contribution in [0.1, 0.15) is 88.3 Å². The Morgan fingerprint density at radius 2 is 1.94 bits per heavy atom. The van der Waals surface area contributed by atoms with Gasteiger partial charge in [0.25, 0.3) is 0 Å². The first-order chi connectivity index (χ1) is 15.9. The maximum Gasteiger partial charge on any atom is 0.0542 e. The molecule has 0 aliphatic rings. The highest BCUT2D eigenvalue weighted by Gasteiger charge is 2.15. The van der Waals surface area contributed by atoms with E-state index < -0.39 is 0 Å². The molecule has 1 aromatic carbocycles. The summed E-state index contributed by atoms with van der Waals surface area (Å²) in [7, 11) is 4.19. The van der Waals surface area contributed by atoms with Gasteiger partial charge in [-0.2, -0.15) is 0 Å². The molecule has 1 aromatic rings. The van der Waals surface area contributed by atoms with Crippen molar-refractivity contribution in [1.29, 1.82) is 5.41 Å². The Morgan fingerprint density at radius 3 is 2.61 bits per heavy atom. The van der Waals surface area contributed by atoms with E-state index in [1.165, 1.54) is 42.2 Å². The third-order valence-electron chi connectivity index (χ3n) is 6.52. The predicted octanol–water partition coefficient (Wildman–Crippen LogP) is 6.16. The molecule has 2 atom stereocenters. The van der Waals surface area contributed by atoms with Crippen LogP contribution in [0.5, 0.6) is 0 Å². The molecule has 2 unspecified atom stereocenters. The first-order valence-corrected chi connectivity index (χ1v) is 13.2. The summed E-state index contributed by atoms with van der Waals surface area (Å²) in [5.74, 6) is 0.521. The fraction of sp³-hybridized carbons (Fsp3) is 0.690. The maximum atomic E-state index is 10.3. The second-order valence-corrected chi connectivity index (χ2v) is 9.90. The van der Waals surface area contributed by atoms with Crippen LogP contribution in [-0.4, -0.2) is 49.5 Å². The lowest BCUT2D eigenvalue weighted by molar-refractivity contribution is 0.130. The number of hydrogen-bond acceptors (Lipinski definition) is 4. The summed E-state index contributed by atoms with van der Waals surface area (Å²) in [6.07, 6.45) is 13.8. The number of nitrogens with zero attached hydrogens (tertiary/aromatic N) is 1. The van der Waals surface area contributed by atoms with Gasteiger partial charge >= 0.3 is 0 Å². The number of hydrogen-bond donors (Lipinski definition) is 3. The van der Waals surface area contributed by atoms with Crippen molar-refractivity contribution >= 4 is 6.21 Å². The largest absolute Gasteiger partial charge is 0.393 e. The molecule has 0 amide bonds. The molecule has 4 heteroatoms. The van der Waals surface area contributed by atoms with E-state index in [1.807, 2.05) is 0 Å². The molecule has 3 N–H and O–H groups in total. The molecule has 0 heterocycles. The molecule has 0 spiro atoms. The smallest absolute Gasteiger partial charge is 0.0542 e. The Bertz CT molecular complexity index is 671. The summed E-state index contributed by atoms with van der Waals surface area (Å²) in [5.41, 5.74) is 5.38. The SMILES string of the molecule is C=C(CCN(C)C)NCCCCCc1ccc(CCC=N)c(CC(CC)CC(O)CCC)c1. The van der Waals surface area contributed by atoms with Gasteiger partial charge in [0.1, 0.15) is 0 Å². The summed E-state index contributed by atoms with van der Waals surface area (Å²) in [6, 6.07) is 6.99. The van der Waals surface area contributed by atoms with Crippen molar-refractivity contribution in [3.8, 4) is 0 Å². The Labute approximate surface area is 204 Å². The van der Waals surface area contributed by atoms with Crippen molar-refractivity contribution in [2.45, 2.75) is 97.0 Å². The van der Waals surface area contributed by atoms with Gasteiger partial charge in [0.15, 0.2) is 0 Å². The van der Waals surface area contributed by atoms with Crippen molar-refractivity contribution < 1.29 is 5.11 Å². The number of benzene rings is 1. The summed E-state index contributed by atoms with van der Waals surface area (Å²) < 4.78 is 0. The molecule has 1 rings (SSSR count). The molecular formula is C29H51N3O. The quantitative estimate of drug-likeness (QED) is 0.162. The third-order valence-corrected chi connectivity index (χ3v) is 6.52. The van der Waals surface area contributed by atoms with Gasteiger partial charge in [-0.15, -0.1) is 0 Å². The summed E-state index contributed by atoms with van der Waals surface area (Å²) in [4.78, 5) is 2.19. The number of nitrogens with one attached hydrogen (secondary N) is 2. The van der Waals surface area contributed by atoms with Crippen LogP contribution in [0.4, 0.5) is 0 Å². The van der Waals surface area contributed by atoms with Gasteiger partial charge in [-0.1, -0.05) is 57.9 Å². The van der Waals surface area contributed by atoms with Gasteiger partial charge in [0.2, 0.25) is 0 Å². The molecular weight excluding hydrogens is 406 g/mol. The van der Waals surface area contributed by atoms with Crippen molar-refractivity contribution in [2.24, 2.45) is 5.92 Å². The monoisotopic (exact) mass is 457 g/mol. The van der Waals surface area contributed by atoms with Gasteiger partial charge < -0.3 is 20.7 Å². The summed E-state index contributed by atoms with van der Waals surface area (Å²) >= 11 is 0. The normalized spacial score (nSPS) is 13.2. The highest BCUT2D eigenvalue weighted by Crippen LogP contribution is 2.24. The van der Waals surface area contributed by atoms with E-state index in [0.29, 0.717) is 5.92 Å². The second-order valence-electron chi connectivity index (χ2n) is 9.90. The number of aliphatic hydroxyl groups is 1. The number of aryl methyl sites for hydroxylation is 2. The van der Waals surface area contributed by atoms with Crippen molar-refractivity contribution in [1.82, 2.24) is 10.2 Å². The molecule has 0 aliphatic heterocycles.